The van der Waals surface area contributed by atoms with Crippen LogP contribution in [0.5, 0.6) is 0 Å². The zero-order chi connectivity index (χ0) is 22.0. The molecule has 31 heavy (non-hydrogen) atoms. The minimum Gasteiger partial charge on any atom is -0.465 e. The van der Waals surface area contributed by atoms with Gasteiger partial charge in [-0.3, -0.25) is 4.79 Å². The molecule has 0 saturated heterocycles. The van der Waals surface area contributed by atoms with Crippen LogP contribution in [0, 0.1) is 13.8 Å². The van der Waals surface area contributed by atoms with E-state index in [1.165, 1.54) is 29.6 Å². The quantitative estimate of drug-likeness (QED) is 0.560. The second-order valence-electron chi connectivity index (χ2n) is 7.80. The van der Waals surface area contributed by atoms with Crippen LogP contribution in [0.4, 0.5) is 10.7 Å². The van der Waals surface area contributed by atoms with Crippen LogP contribution in [0.2, 0.25) is 0 Å². The third-order valence-corrected chi connectivity index (χ3v) is 6.59. The number of rotatable bonds is 5. The summed E-state index contributed by atoms with van der Waals surface area (Å²) in [5, 5.41) is 3.52. The second-order valence-corrected chi connectivity index (χ2v) is 9.03. The molecule has 6 heteroatoms. The van der Waals surface area contributed by atoms with Crippen LogP contribution in [0.15, 0.2) is 48.5 Å². The van der Waals surface area contributed by atoms with Gasteiger partial charge in [0, 0.05) is 22.7 Å². The second kappa shape index (κ2) is 8.94. The van der Waals surface area contributed by atoms with Crippen LogP contribution in [-0.2, 0) is 16.0 Å². The Morgan fingerprint density at radius 3 is 2.65 bits per heavy atom. The van der Waals surface area contributed by atoms with Crippen LogP contribution in [0.25, 0.3) is 11.1 Å². The molecule has 0 saturated carbocycles. The number of esters is 1. The number of nitrogens with zero attached hydrogens (tertiary/aromatic N) is 1. The summed E-state index contributed by atoms with van der Waals surface area (Å²) in [5.74, 6) is -0.586. The lowest BCUT2D eigenvalue weighted by atomic mass is 9.99. The number of fused-ring (bicyclic) bond motifs is 1. The smallest absolute Gasteiger partial charge is 0.341 e. The number of amides is 1. The van der Waals surface area contributed by atoms with Crippen molar-refractivity contribution >= 4 is 33.9 Å². The zero-order valence-electron chi connectivity index (χ0n) is 18.0. The molecule has 0 radical (unpaired) electrons. The number of carbonyl (C=O) groups excluding carboxylic acids is 2. The van der Waals surface area contributed by atoms with Gasteiger partial charge in [-0.25, -0.2) is 4.79 Å². The van der Waals surface area contributed by atoms with E-state index >= 15 is 0 Å². The maximum atomic E-state index is 13.0. The lowest BCUT2D eigenvalue weighted by molar-refractivity contribution is -0.115. The number of hydrogen-bond donors (Lipinski definition) is 1. The highest BCUT2D eigenvalue weighted by Gasteiger charge is 2.26. The monoisotopic (exact) mass is 434 g/mol. The van der Waals surface area contributed by atoms with Gasteiger partial charge in [-0.15, -0.1) is 11.3 Å². The van der Waals surface area contributed by atoms with Crippen LogP contribution < -0.4 is 10.2 Å². The number of thiophene rings is 1. The summed E-state index contributed by atoms with van der Waals surface area (Å²) < 4.78 is 5.05. The molecule has 2 heterocycles. The van der Waals surface area contributed by atoms with Gasteiger partial charge in [0.2, 0.25) is 5.91 Å². The largest absolute Gasteiger partial charge is 0.465 e. The van der Waals surface area contributed by atoms with E-state index in [1.807, 2.05) is 37.3 Å². The van der Waals surface area contributed by atoms with Crippen molar-refractivity contribution in [1.82, 2.24) is 0 Å². The third kappa shape index (κ3) is 4.35. The summed E-state index contributed by atoms with van der Waals surface area (Å²) in [5.41, 5.74) is 5.79. The van der Waals surface area contributed by atoms with E-state index < -0.39 is 5.97 Å². The number of hydrogen-bond acceptors (Lipinski definition) is 5. The number of benzene rings is 2. The van der Waals surface area contributed by atoms with Gasteiger partial charge in [-0.2, -0.15) is 0 Å². The molecule has 3 aromatic rings. The summed E-state index contributed by atoms with van der Waals surface area (Å²) >= 11 is 1.41. The zero-order valence-corrected chi connectivity index (χ0v) is 18.8. The Bertz CT molecular complexity index is 1120. The predicted molar refractivity (Wildman–Crippen MR) is 126 cm³/mol. The molecule has 0 spiro atoms. The van der Waals surface area contributed by atoms with E-state index in [0.717, 1.165) is 41.1 Å². The highest BCUT2D eigenvalue weighted by molar-refractivity contribution is 7.17. The van der Waals surface area contributed by atoms with Gasteiger partial charge in [0.1, 0.15) is 10.6 Å². The Balaban J connectivity index is 1.60. The molecule has 1 amide bonds. The topological polar surface area (TPSA) is 58.6 Å². The maximum absolute atomic E-state index is 13.0. The minimum atomic E-state index is -0.447. The fourth-order valence-electron chi connectivity index (χ4n) is 4.19. The molecule has 4 rings (SSSR count). The summed E-state index contributed by atoms with van der Waals surface area (Å²) in [6.45, 7) is 5.13. The third-order valence-electron chi connectivity index (χ3n) is 5.57. The van der Waals surface area contributed by atoms with Crippen molar-refractivity contribution in [3.05, 3.63) is 70.1 Å². The van der Waals surface area contributed by atoms with Crippen molar-refractivity contribution in [1.29, 1.82) is 0 Å². The predicted octanol–water partition coefficient (Wildman–Crippen LogP) is 5.21. The molecule has 1 aliphatic heterocycles. The average molecular weight is 435 g/mol. The van der Waals surface area contributed by atoms with Crippen LogP contribution in [0.1, 0.15) is 32.8 Å². The first-order valence-electron chi connectivity index (χ1n) is 10.4. The minimum absolute atomic E-state index is 0.139. The first-order valence-corrected chi connectivity index (χ1v) is 11.2. The first kappa shape index (κ1) is 21.1. The lowest BCUT2D eigenvalue weighted by Gasteiger charge is -2.31. The van der Waals surface area contributed by atoms with Gasteiger partial charge in [0.05, 0.1) is 13.7 Å². The summed E-state index contributed by atoms with van der Waals surface area (Å²) in [7, 11) is 1.36. The maximum Gasteiger partial charge on any atom is 0.341 e. The molecule has 160 valence electrons. The first-order chi connectivity index (χ1) is 15.0. The van der Waals surface area contributed by atoms with Crippen molar-refractivity contribution in [3.8, 4) is 11.1 Å². The highest BCUT2D eigenvalue weighted by Crippen LogP contribution is 2.40. The molecule has 5 nitrogen and oxygen atoms in total. The number of aryl methyl sites for hydroxylation is 3. The average Bonchev–Trinajstić information content (AvgIpc) is 3.09. The van der Waals surface area contributed by atoms with E-state index in [4.69, 9.17) is 4.74 Å². The Hall–Kier alpha value is -3.12. The molecule has 0 bridgehead atoms. The van der Waals surface area contributed by atoms with Crippen LogP contribution >= 0.6 is 11.3 Å². The number of carbonyl (C=O) groups is 2. The lowest BCUT2D eigenvalue weighted by Crippen LogP contribution is -2.36. The SMILES string of the molecule is COC(=O)c1c(NC(=O)CN2CCCc3cc(C)ccc32)sc(C)c1-c1ccccc1. The summed E-state index contributed by atoms with van der Waals surface area (Å²) in [6, 6.07) is 16.1. The highest BCUT2D eigenvalue weighted by atomic mass is 32.1. The molecule has 1 aromatic heterocycles. The molecule has 0 atom stereocenters. The number of anilines is 2. The number of ether oxygens (including phenoxy) is 1. The van der Waals surface area contributed by atoms with Gasteiger partial charge in [-0.05, 0) is 43.9 Å². The van der Waals surface area contributed by atoms with Crippen molar-refractivity contribution in [2.75, 3.05) is 30.4 Å². The van der Waals surface area contributed by atoms with E-state index in [1.54, 1.807) is 0 Å². The Morgan fingerprint density at radius 2 is 1.90 bits per heavy atom. The number of methoxy groups -OCH3 is 1. The van der Waals surface area contributed by atoms with E-state index in [-0.39, 0.29) is 12.5 Å². The van der Waals surface area contributed by atoms with Crippen molar-refractivity contribution in [3.63, 3.8) is 0 Å². The Labute approximate surface area is 186 Å². The van der Waals surface area contributed by atoms with Crippen molar-refractivity contribution in [2.24, 2.45) is 0 Å². The molecule has 2 aromatic carbocycles. The van der Waals surface area contributed by atoms with E-state index in [9.17, 15) is 9.59 Å². The standard InChI is InChI=1S/C25H26N2O3S/c1-16-11-12-20-19(14-16)10-7-13-27(20)15-21(28)26-24-23(25(29)30-3)22(17(2)31-24)18-8-5-4-6-9-18/h4-6,8-9,11-12,14H,7,10,13,15H2,1-3H3,(H,26,28). The van der Waals surface area contributed by atoms with Gasteiger partial charge in [0.25, 0.3) is 0 Å². The van der Waals surface area contributed by atoms with Crippen molar-refractivity contribution < 1.29 is 14.3 Å². The van der Waals surface area contributed by atoms with Crippen LogP contribution in [-0.4, -0.2) is 32.1 Å². The van der Waals surface area contributed by atoms with Crippen LogP contribution in [0.3, 0.4) is 0 Å². The van der Waals surface area contributed by atoms with Crippen molar-refractivity contribution in [2.45, 2.75) is 26.7 Å². The molecular weight excluding hydrogens is 408 g/mol. The van der Waals surface area contributed by atoms with Gasteiger partial charge in [-0.1, -0.05) is 48.0 Å². The normalized spacial score (nSPS) is 12.9. The fraction of sp³-hybridized carbons (Fsp3) is 0.280. The fourth-order valence-corrected chi connectivity index (χ4v) is 5.27. The molecule has 0 fully saturated rings. The summed E-state index contributed by atoms with van der Waals surface area (Å²) in [4.78, 5) is 28.7. The molecule has 0 aliphatic carbocycles. The molecule has 1 N–H and O–H groups in total. The van der Waals surface area contributed by atoms with Gasteiger partial charge in [0.15, 0.2) is 0 Å². The van der Waals surface area contributed by atoms with Gasteiger partial charge < -0.3 is 15.0 Å². The Morgan fingerprint density at radius 1 is 1.13 bits per heavy atom. The molecule has 0 unspecified atom stereocenters. The van der Waals surface area contributed by atoms with E-state index in [0.29, 0.717) is 10.6 Å². The van der Waals surface area contributed by atoms with E-state index in [2.05, 4.69) is 35.3 Å². The van der Waals surface area contributed by atoms with Gasteiger partial charge >= 0.3 is 5.97 Å². The summed E-state index contributed by atoms with van der Waals surface area (Å²) in [6.07, 6.45) is 2.06. The molecule has 1 aliphatic rings. The molecular formula is C25H26N2O3S. The number of nitrogens with one attached hydrogen (secondary N) is 1. The Kier molecular flexibility index (Phi) is 6.09.